The number of benzene rings is 2. The number of fused-ring (bicyclic) bond motifs is 1. The molecule has 0 radical (unpaired) electrons. The number of hydrogen-bond acceptors (Lipinski definition) is 4. The summed E-state index contributed by atoms with van der Waals surface area (Å²) < 4.78 is 27.9. The Labute approximate surface area is 178 Å². The van der Waals surface area contributed by atoms with E-state index in [2.05, 4.69) is 16.5 Å². The highest BCUT2D eigenvalue weighted by Crippen LogP contribution is 2.27. The predicted octanol–water partition coefficient (Wildman–Crippen LogP) is 4.35. The van der Waals surface area contributed by atoms with E-state index in [0.29, 0.717) is 29.0 Å². The molecule has 2 aromatic carbocycles. The first-order valence-electron chi connectivity index (χ1n) is 9.73. The molecule has 1 amide bonds. The van der Waals surface area contributed by atoms with Crippen LogP contribution in [0.1, 0.15) is 30.0 Å². The zero-order valence-corrected chi connectivity index (χ0v) is 16.6. The fourth-order valence-electron chi connectivity index (χ4n) is 3.38. The van der Waals surface area contributed by atoms with Gasteiger partial charge >= 0.3 is 0 Å². The second-order valence-electron chi connectivity index (χ2n) is 7.04. The van der Waals surface area contributed by atoms with Crippen molar-refractivity contribution >= 4 is 22.9 Å². The zero-order chi connectivity index (χ0) is 22.0. The lowest BCUT2D eigenvalue weighted by molar-refractivity contribution is -0.128. The zero-order valence-electron chi connectivity index (χ0n) is 16.6. The monoisotopic (exact) mass is 416 g/mol. The van der Waals surface area contributed by atoms with Crippen molar-refractivity contribution in [1.82, 2.24) is 10.3 Å². The van der Waals surface area contributed by atoms with Gasteiger partial charge in [0, 0.05) is 23.4 Å². The minimum Gasteiger partial charge on any atom is -0.360 e. The van der Waals surface area contributed by atoms with Gasteiger partial charge in [-0.15, -0.1) is 0 Å². The maximum atomic E-state index is 14.5. The first kappa shape index (κ1) is 20.2. The molecule has 1 atom stereocenters. The summed E-state index contributed by atoms with van der Waals surface area (Å²) in [5.41, 5.74) is 3.16. The highest BCUT2D eigenvalue weighted by molar-refractivity contribution is 6.01. The molecule has 0 aliphatic carbocycles. The molecule has 2 heterocycles. The van der Waals surface area contributed by atoms with E-state index < -0.39 is 17.8 Å². The standard InChI is InChI=1S/C24H18F2N4O/c1-2-19-9-7-17(20-10-8-18(25)12-21(20)26)11-23-28-22(13-24(31)30(23)29-19)16-5-3-15(14-27)4-6-16/h3-13,23,28H,2H2,1H3/b9-7-,17-11-,29-19-. The third-order valence-corrected chi connectivity index (χ3v) is 5.02. The van der Waals surface area contributed by atoms with Crippen LogP contribution in [0.5, 0.6) is 0 Å². The molecule has 2 aliphatic rings. The van der Waals surface area contributed by atoms with E-state index in [0.717, 1.165) is 11.6 Å². The Morgan fingerprint density at radius 3 is 2.61 bits per heavy atom. The maximum Gasteiger partial charge on any atom is 0.271 e. The number of nitriles is 1. The molecule has 31 heavy (non-hydrogen) atoms. The summed E-state index contributed by atoms with van der Waals surface area (Å²) in [5.74, 6) is -1.69. The molecule has 2 aromatic rings. The number of amides is 1. The number of hydrogen-bond donors (Lipinski definition) is 1. The molecule has 4 rings (SSSR count). The van der Waals surface area contributed by atoms with Crippen molar-refractivity contribution in [3.8, 4) is 6.07 Å². The Kier molecular flexibility index (Phi) is 5.46. The van der Waals surface area contributed by atoms with Crippen molar-refractivity contribution in [3.63, 3.8) is 0 Å². The number of hydrazone groups is 1. The van der Waals surface area contributed by atoms with Crippen molar-refractivity contribution in [3.05, 3.63) is 95.1 Å². The summed E-state index contributed by atoms with van der Waals surface area (Å²) >= 11 is 0. The number of carbonyl (C=O) groups excluding carboxylic acids is 1. The van der Waals surface area contributed by atoms with E-state index in [-0.39, 0.29) is 11.5 Å². The second kappa shape index (κ2) is 8.36. The topological polar surface area (TPSA) is 68.5 Å². The van der Waals surface area contributed by atoms with E-state index in [4.69, 9.17) is 5.26 Å². The lowest BCUT2D eigenvalue weighted by Crippen LogP contribution is -2.48. The van der Waals surface area contributed by atoms with Crippen LogP contribution in [0, 0.1) is 23.0 Å². The Bertz CT molecular complexity index is 1200. The molecule has 0 bridgehead atoms. The van der Waals surface area contributed by atoms with Crippen LogP contribution in [0.3, 0.4) is 0 Å². The summed E-state index contributed by atoms with van der Waals surface area (Å²) in [5, 5.41) is 18.0. The van der Waals surface area contributed by atoms with E-state index in [1.54, 1.807) is 42.5 Å². The molecule has 1 N–H and O–H groups in total. The van der Waals surface area contributed by atoms with Gasteiger partial charge in [0.05, 0.1) is 17.3 Å². The van der Waals surface area contributed by atoms with Gasteiger partial charge in [0.25, 0.3) is 5.91 Å². The van der Waals surface area contributed by atoms with Crippen LogP contribution in [-0.4, -0.2) is 22.8 Å². The largest absolute Gasteiger partial charge is 0.360 e. The fraction of sp³-hybridized carbons (Fsp3) is 0.125. The maximum absolute atomic E-state index is 14.5. The van der Waals surface area contributed by atoms with Gasteiger partial charge in [-0.25, -0.2) is 13.8 Å². The number of halogens is 2. The lowest BCUT2D eigenvalue weighted by atomic mass is 10.0. The van der Waals surface area contributed by atoms with Crippen LogP contribution in [0.25, 0.3) is 11.3 Å². The van der Waals surface area contributed by atoms with Crippen molar-refractivity contribution in [2.24, 2.45) is 5.10 Å². The minimum atomic E-state index is -0.692. The smallest absolute Gasteiger partial charge is 0.271 e. The molecule has 0 fully saturated rings. The Hall–Kier alpha value is -4.05. The molecule has 154 valence electrons. The van der Waals surface area contributed by atoms with Gasteiger partial charge in [-0.2, -0.15) is 10.4 Å². The number of allylic oxidation sites excluding steroid dienone is 3. The number of carbonyl (C=O) groups is 1. The van der Waals surface area contributed by atoms with Crippen LogP contribution >= 0.6 is 0 Å². The van der Waals surface area contributed by atoms with E-state index in [1.807, 2.05) is 6.92 Å². The highest BCUT2D eigenvalue weighted by atomic mass is 19.1. The molecule has 0 saturated heterocycles. The Morgan fingerprint density at radius 2 is 1.94 bits per heavy atom. The van der Waals surface area contributed by atoms with Gasteiger partial charge in [0.1, 0.15) is 17.8 Å². The average Bonchev–Trinajstić information content (AvgIpc) is 2.75. The van der Waals surface area contributed by atoms with Crippen LogP contribution in [0.2, 0.25) is 0 Å². The molecule has 5 nitrogen and oxygen atoms in total. The quantitative estimate of drug-likeness (QED) is 0.809. The van der Waals surface area contributed by atoms with Crippen LogP contribution in [-0.2, 0) is 4.79 Å². The van der Waals surface area contributed by atoms with E-state index >= 15 is 0 Å². The second-order valence-corrected chi connectivity index (χ2v) is 7.04. The molecule has 1 unspecified atom stereocenters. The van der Waals surface area contributed by atoms with Crippen LogP contribution in [0.4, 0.5) is 8.78 Å². The van der Waals surface area contributed by atoms with Gasteiger partial charge in [-0.3, -0.25) is 4.79 Å². The SMILES string of the molecule is CCC1=N/N2C(=O)C=C(c3ccc(C#N)cc3)NC2/C=C(c2ccc(F)cc2F)/C=C\1. The highest BCUT2D eigenvalue weighted by Gasteiger charge is 2.29. The normalized spacial score (nSPS) is 22.4. The lowest BCUT2D eigenvalue weighted by Gasteiger charge is -2.33. The molecule has 0 spiro atoms. The third kappa shape index (κ3) is 4.14. The summed E-state index contributed by atoms with van der Waals surface area (Å²) in [7, 11) is 0. The minimum absolute atomic E-state index is 0.221. The molecular formula is C24H18F2N4O. The molecule has 2 aliphatic heterocycles. The first-order valence-corrected chi connectivity index (χ1v) is 9.73. The average molecular weight is 416 g/mol. The fourth-order valence-corrected chi connectivity index (χ4v) is 3.38. The molecule has 0 saturated carbocycles. The summed E-state index contributed by atoms with van der Waals surface area (Å²) in [4.78, 5) is 12.9. The van der Waals surface area contributed by atoms with Gasteiger partial charge in [-0.1, -0.05) is 25.1 Å². The van der Waals surface area contributed by atoms with E-state index in [1.165, 1.54) is 23.2 Å². The van der Waals surface area contributed by atoms with Crippen molar-refractivity contribution in [1.29, 1.82) is 5.26 Å². The number of rotatable bonds is 3. The van der Waals surface area contributed by atoms with Gasteiger partial charge in [0.15, 0.2) is 0 Å². The molecule has 7 heteroatoms. The Balaban J connectivity index is 1.78. The van der Waals surface area contributed by atoms with E-state index in [9.17, 15) is 13.6 Å². The molecular weight excluding hydrogens is 398 g/mol. The molecule has 0 aromatic heterocycles. The van der Waals surface area contributed by atoms with Gasteiger partial charge < -0.3 is 5.32 Å². The Morgan fingerprint density at radius 1 is 1.16 bits per heavy atom. The summed E-state index contributed by atoms with van der Waals surface area (Å²) in [6.45, 7) is 1.90. The van der Waals surface area contributed by atoms with Crippen LogP contribution < -0.4 is 5.32 Å². The van der Waals surface area contributed by atoms with Gasteiger partial charge in [0.2, 0.25) is 0 Å². The van der Waals surface area contributed by atoms with Crippen molar-refractivity contribution in [2.75, 3.05) is 0 Å². The van der Waals surface area contributed by atoms with Crippen molar-refractivity contribution < 1.29 is 13.6 Å². The predicted molar refractivity (Wildman–Crippen MR) is 114 cm³/mol. The van der Waals surface area contributed by atoms with Crippen LogP contribution in [0.15, 0.2) is 71.9 Å². The number of nitrogens with zero attached hydrogens (tertiary/aromatic N) is 3. The number of nitrogens with one attached hydrogen (secondary N) is 1. The third-order valence-electron chi connectivity index (χ3n) is 5.02. The summed E-state index contributed by atoms with van der Waals surface area (Å²) in [6, 6.07) is 12.3. The van der Waals surface area contributed by atoms with Gasteiger partial charge in [-0.05, 0) is 54.0 Å². The summed E-state index contributed by atoms with van der Waals surface area (Å²) in [6.07, 6.45) is 6.43. The first-order chi connectivity index (χ1) is 15.0. The van der Waals surface area contributed by atoms with Crippen molar-refractivity contribution in [2.45, 2.75) is 19.5 Å².